The van der Waals surface area contributed by atoms with Crippen LogP contribution in [0.25, 0.3) is 0 Å². The van der Waals surface area contributed by atoms with Crippen LogP contribution >= 0.6 is 0 Å². The Balaban J connectivity index is 2.45. The van der Waals surface area contributed by atoms with Crippen LogP contribution in [0, 0.1) is 26.1 Å². The molecule has 0 heterocycles. The van der Waals surface area contributed by atoms with Crippen molar-refractivity contribution in [2.24, 2.45) is 5.92 Å². The molecule has 1 aromatic carbocycles. The van der Waals surface area contributed by atoms with Gasteiger partial charge in [0.2, 0.25) is 0 Å². The molecule has 0 radical (unpaired) electrons. The first-order valence-corrected chi connectivity index (χ1v) is 11.2. The van der Waals surface area contributed by atoms with Crippen LogP contribution < -0.4 is 5.32 Å². The lowest BCUT2D eigenvalue weighted by molar-refractivity contribution is -0.394. The van der Waals surface area contributed by atoms with Crippen molar-refractivity contribution >= 4 is 23.3 Å². The fourth-order valence-electron chi connectivity index (χ4n) is 3.14. The Morgan fingerprint density at radius 1 is 0.970 bits per heavy atom. The van der Waals surface area contributed by atoms with Crippen LogP contribution in [0.2, 0.25) is 0 Å². The quantitative estimate of drug-likeness (QED) is 0.118. The summed E-state index contributed by atoms with van der Waals surface area (Å²) in [6.07, 6.45) is 10.5. The third-order valence-electron chi connectivity index (χ3n) is 5.36. The zero-order valence-corrected chi connectivity index (χ0v) is 19.3. The highest BCUT2D eigenvalue weighted by molar-refractivity contribution is 5.96. The van der Waals surface area contributed by atoms with E-state index in [0.717, 1.165) is 50.3 Å². The summed E-state index contributed by atoms with van der Waals surface area (Å²) >= 11 is 0. The normalized spacial score (nSPS) is 12.4. The summed E-state index contributed by atoms with van der Waals surface area (Å²) in [4.78, 5) is 45.1. The predicted octanol–water partition coefficient (Wildman–Crippen LogP) is 5.11. The predicted molar refractivity (Wildman–Crippen MR) is 124 cm³/mol. The molecular formula is C23H33N3O7. The minimum atomic E-state index is -0.809. The Kier molecular flexibility index (Phi) is 12.4. The van der Waals surface area contributed by atoms with Gasteiger partial charge in [-0.2, -0.15) is 0 Å². The van der Waals surface area contributed by atoms with Crippen molar-refractivity contribution in [1.82, 2.24) is 5.32 Å². The Labute approximate surface area is 193 Å². The molecule has 10 heteroatoms. The van der Waals surface area contributed by atoms with Crippen molar-refractivity contribution in [2.45, 2.75) is 71.3 Å². The molecule has 1 amide bonds. The van der Waals surface area contributed by atoms with Crippen molar-refractivity contribution in [3.63, 3.8) is 0 Å². The van der Waals surface area contributed by atoms with E-state index in [4.69, 9.17) is 4.74 Å². The van der Waals surface area contributed by atoms with Crippen molar-refractivity contribution < 1.29 is 24.2 Å². The number of allylic oxidation sites excluding steroid dienone is 1. The molecule has 0 bridgehead atoms. The highest BCUT2D eigenvalue weighted by Crippen LogP contribution is 2.23. The summed E-state index contributed by atoms with van der Waals surface area (Å²) in [5, 5.41) is 24.5. The van der Waals surface area contributed by atoms with E-state index < -0.39 is 45.1 Å². The average Bonchev–Trinajstić information content (AvgIpc) is 2.79. The van der Waals surface area contributed by atoms with Gasteiger partial charge in [-0.25, -0.2) is 0 Å². The van der Waals surface area contributed by atoms with E-state index in [1.54, 1.807) is 13.8 Å². The third kappa shape index (κ3) is 10.2. The highest BCUT2D eigenvalue weighted by atomic mass is 16.6. The van der Waals surface area contributed by atoms with Crippen LogP contribution in [0.3, 0.4) is 0 Å². The minimum absolute atomic E-state index is 0.229. The SMILES string of the molecule is C=CCCCCCCCCCOC(=O)C(C)C(C)NC(=O)c1cc([N+](=O)[O-])cc([N+](=O)[O-])c1. The van der Waals surface area contributed by atoms with Crippen molar-refractivity contribution in [2.75, 3.05) is 6.61 Å². The first kappa shape index (κ1) is 27.7. The lowest BCUT2D eigenvalue weighted by Gasteiger charge is -2.20. The molecule has 0 aliphatic carbocycles. The molecule has 1 rings (SSSR count). The summed E-state index contributed by atoms with van der Waals surface area (Å²) in [6, 6.07) is 2.05. The molecule has 2 unspecified atom stereocenters. The van der Waals surface area contributed by atoms with Gasteiger partial charge in [-0.05, 0) is 33.1 Å². The van der Waals surface area contributed by atoms with Crippen LogP contribution in [0.5, 0.6) is 0 Å². The number of nitrogens with zero attached hydrogens (tertiary/aromatic N) is 2. The molecule has 2 atom stereocenters. The first-order chi connectivity index (χ1) is 15.7. The topological polar surface area (TPSA) is 142 Å². The summed E-state index contributed by atoms with van der Waals surface area (Å²) < 4.78 is 5.29. The Bertz CT molecular complexity index is 809. The number of non-ortho nitro benzene ring substituents is 2. The summed E-state index contributed by atoms with van der Waals surface area (Å²) in [5.41, 5.74) is -1.36. The molecule has 0 aromatic heterocycles. The minimum Gasteiger partial charge on any atom is -0.465 e. The van der Waals surface area contributed by atoms with Gasteiger partial charge in [0.05, 0.1) is 34.0 Å². The van der Waals surface area contributed by atoms with E-state index >= 15 is 0 Å². The van der Waals surface area contributed by atoms with Crippen LogP contribution in [0.4, 0.5) is 11.4 Å². The van der Waals surface area contributed by atoms with E-state index in [1.165, 1.54) is 19.3 Å². The molecule has 1 aromatic rings. The fraction of sp³-hybridized carbons (Fsp3) is 0.565. The summed E-state index contributed by atoms with van der Waals surface area (Å²) in [5.74, 6) is -1.87. The maximum absolute atomic E-state index is 12.5. The molecule has 0 spiro atoms. The van der Waals surface area contributed by atoms with E-state index in [1.807, 2.05) is 6.08 Å². The largest absolute Gasteiger partial charge is 0.465 e. The number of amides is 1. The van der Waals surface area contributed by atoms with Gasteiger partial charge in [-0.3, -0.25) is 29.8 Å². The summed E-state index contributed by atoms with van der Waals surface area (Å²) in [7, 11) is 0. The zero-order chi connectivity index (χ0) is 24.8. The Morgan fingerprint density at radius 3 is 2.00 bits per heavy atom. The number of unbranched alkanes of at least 4 members (excludes halogenated alkanes) is 7. The first-order valence-electron chi connectivity index (χ1n) is 11.2. The van der Waals surface area contributed by atoms with Crippen LogP contribution in [0.1, 0.15) is 75.6 Å². The van der Waals surface area contributed by atoms with Crippen LogP contribution in [0.15, 0.2) is 30.9 Å². The van der Waals surface area contributed by atoms with E-state index in [0.29, 0.717) is 6.61 Å². The summed E-state index contributed by atoms with van der Waals surface area (Å²) in [6.45, 7) is 7.21. The number of hydrogen-bond donors (Lipinski definition) is 1. The van der Waals surface area contributed by atoms with Gasteiger partial charge in [0.15, 0.2) is 0 Å². The number of esters is 1. The number of carbonyl (C=O) groups excluding carboxylic acids is 2. The maximum Gasteiger partial charge on any atom is 0.310 e. The number of nitro groups is 2. The second-order valence-electron chi connectivity index (χ2n) is 8.02. The third-order valence-corrected chi connectivity index (χ3v) is 5.36. The second kappa shape index (κ2) is 14.7. The molecule has 182 valence electrons. The number of benzene rings is 1. The zero-order valence-electron chi connectivity index (χ0n) is 19.3. The standard InChI is InChI=1S/C23H33N3O7/c1-4-5-6-7-8-9-10-11-12-13-33-23(28)17(2)18(3)24-22(27)19-14-20(25(29)30)16-21(15-19)26(31)32/h4,14-18H,1,5-13H2,2-3H3,(H,24,27). The number of nitro benzene ring substituents is 2. The van der Waals surface area contributed by atoms with E-state index in [2.05, 4.69) is 11.9 Å². The molecular weight excluding hydrogens is 430 g/mol. The molecule has 0 fully saturated rings. The van der Waals surface area contributed by atoms with Gasteiger partial charge >= 0.3 is 5.97 Å². The fourth-order valence-corrected chi connectivity index (χ4v) is 3.14. The number of nitrogens with one attached hydrogen (secondary N) is 1. The highest BCUT2D eigenvalue weighted by Gasteiger charge is 2.25. The van der Waals surface area contributed by atoms with Crippen molar-refractivity contribution in [3.8, 4) is 0 Å². The monoisotopic (exact) mass is 463 g/mol. The molecule has 10 nitrogen and oxygen atoms in total. The average molecular weight is 464 g/mol. The van der Waals surface area contributed by atoms with Crippen LogP contribution in [-0.2, 0) is 9.53 Å². The van der Waals surface area contributed by atoms with Gasteiger partial charge in [-0.1, -0.05) is 38.2 Å². The number of hydrogen-bond acceptors (Lipinski definition) is 7. The number of rotatable bonds is 16. The van der Waals surface area contributed by atoms with Gasteiger partial charge in [-0.15, -0.1) is 6.58 Å². The van der Waals surface area contributed by atoms with Crippen molar-refractivity contribution in [1.29, 1.82) is 0 Å². The molecule has 0 aliphatic heterocycles. The van der Waals surface area contributed by atoms with E-state index in [-0.39, 0.29) is 5.56 Å². The smallest absolute Gasteiger partial charge is 0.310 e. The van der Waals surface area contributed by atoms with Crippen LogP contribution in [-0.4, -0.2) is 34.4 Å². The molecule has 0 saturated heterocycles. The maximum atomic E-state index is 12.5. The van der Waals surface area contributed by atoms with Gasteiger partial charge in [0.1, 0.15) is 0 Å². The molecule has 0 saturated carbocycles. The van der Waals surface area contributed by atoms with Gasteiger partial charge < -0.3 is 10.1 Å². The Morgan fingerprint density at radius 2 is 1.48 bits per heavy atom. The number of carbonyl (C=O) groups is 2. The van der Waals surface area contributed by atoms with Gasteiger partial charge in [0.25, 0.3) is 17.3 Å². The number of ether oxygens (including phenoxy) is 1. The molecule has 0 aliphatic rings. The molecule has 33 heavy (non-hydrogen) atoms. The van der Waals surface area contributed by atoms with Crippen molar-refractivity contribution in [3.05, 3.63) is 56.6 Å². The molecule has 1 N–H and O–H groups in total. The second-order valence-corrected chi connectivity index (χ2v) is 8.02. The lowest BCUT2D eigenvalue weighted by Crippen LogP contribution is -2.40. The van der Waals surface area contributed by atoms with E-state index in [9.17, 15) is 29.8 Å². The van der Waals surface area contributed by atoms with Gasteiger partial charge in [0, 0.05) is 18.2 Å². The lowest BCUT2D eigenvalue weighted by atomic mass is 10.0. The Hall–Kier alpha value is -3.30.